The molecule has 1 unspecified atom stereocenters. The summed E-state index contributed by atoms with van der Waals surface area (Å²) in [6.07, 6.45) is 7.05. The number of H-pyrrole nitrogens is 1. The van der Waals surface area contributed by atoms with E-state index in [2.05, 4.69) is 20.5 Å². The van der Waals surface area contributed by atoms with Crippen molar-refractivity contribution >= 4 is 5.91 Å². The molecule has 31 heavy (non-hydrogen) atoms. The van der Waals surface area contributed by atoms with Crippen LogP contribution in [0.2, 0.25) is 0 Å². The molecule has 1 fully saturated rings. The lowest BCUT2D eigenvalue weighted by Gasteiger charge is -2.22. The second-order valence-corrected chi connectivity index (χ2v) is 8.05. The number of aromatic amines is 1. The number of aromatic nitrogens is 3. The molecule has 1 aromatic carbocycles. The van der Waals surface area contributed by atoms with Crippen molar-refractivity contribution < 1.29 is 14.3 Å². The van der Waals surface area contributed by atoms with Gasteiger partial charge in [-0.1, -0.05) is 26.2 Å². The van der Waals surface area contributed by atoms with Crippen LogP contribution in [0.5, 0.6) is 11.5 Å². The summed E-state index contributed by atoms with van der Waals surface area (Å²) in [6, 6.07) is 5.62. The fraction of sp³-hybridized carbons (Fsp3) is 0.565. The minimum atomic E-state index is -0.339. The fourth-order valence-corrected chi connectivity index (χ4v) is 3.64. The fourth-order valence-electron chi connectivity index (χ4n) is 3.64. The van der Waals surface area contributed by atoms with E-state index in [1.807, 2.05) is 13.8 Å². The van der Waals surface area contributed by atoms with Gasteiger partial charge in [-0.25, -0.2) is 0 Å². The number of rotatable bonds is 9. The number of carbonyl (C=O) groups excluding carboxylic acids is 1. The highest BCUT2D eigenvalue weighted by atomic mass is 16.5. The van der Waals surface area contributed by atoms with Crippen molar-refractivity contribution in [2.45, 2.75) is 77.4 Å². The summed E-state index contributed by atoms with van der Waals surface area (Å²) in [6.45, 7) is 4.04. The Morgan fingerprint density at radius 1 is 1.23 bits per heavy atom. The van der Waals surface area contributed by atoms with E-state index in [-0.39, 0.29) is 42.1 Å². The maximum atomic E-state index is 12.5. The first-order valence-electron chi connectivity index (χ1n) is 11.1. The van der Waals surface area contributed by atoms with Crippen molar-refractivity contribution in [2.75, 3.05) is 7.11 Å². The summed E-state index contributed by atoms with van der Waals surface area (Å²) in [4.78, 5) is 27.4. The summed E-state index contributed by atoms with van der Waals surface area (Å²) in [5, 5.41) is 11.3. The quantitative estimate of drug-likeness (QED) is 0.634. The third-order valence-electron chi connectivity index (χ3n) is 5.66. The van der Waals surface area contributed by atoms with Gasteiger partial charge in [-0.15, -0.1) is 10.2 Å². The molecule has 1 aliphatic rings. The SMILES string of the molecule is CCC(C)Oc1ccc(-c2nnc(CCC(=O)NC3CCCCC3)c(=O)[nH]2)cc1OC. The Labute approximate surface area is 182 Å². The first kappa shape index (κ1) is 22.8. The van der Waals surface area contributed by atoms with Crippen LogP contribution in [-0.2, 0) is 11.2 Å². The number of aryl methyl sites for hydroxylation is 1. The zero-order chi connectivity index (χ0) is 22.2. The molecule has 168 valence electrons. The molecule has 0 aliphatic heterocycles. The van der Waals surface area contributed by atoms with Gasteiger partial charge in [0, 0.05) is 24.4 Å². The van der Waals surface area contributed by atoms with Crippen LogP contribution in [0.15, 0.2) is 23.0 Å². The number of nitrogens with one attached hydrogen (secondary N) is 2. The molecule has 0 spiro atoms. The number of nitrogens with zero attached hydrogens (tertiary/aromatic N) is 2. The van der Waals surface area contributed by atoms with E-state index in [1.165, 1.54) is 6.42 Å². The highest BCUT2D eigenvalue weighted by molar-refractivity contribution is 5.76. The zero-order valence-corrected chi connectivity index (χ0v) is 18.6. The van der Waals surface area contributed by atoms with Crippen LogP contribution in [0.3, 0.4) is 0 Å². The first-order valence-corrected chi connectivity index (χ1v) is 11.1. The van der Waals surface area contributed by atoms with Crippen LogP contribution in [0.25, 0.3) is 11.4 Å². The van der Waals surface area contributed by atoms with Gasteiger partial charge >= 0.3 is 0 Å². The van der Waals surface area contributed by atoms with Gasteiger partial charge in [0.1, 0.15) is 5.69 Å². The molecule has 8 nitrogen and oxygen atoms in total. The van der Waals surface area contributed by atoms with Crippen LogP contribution >= 0.6 is 0 Å². The van der Waals surface area contributed by atoms with Crippen molar-refractivity contribution in [1.29, 1.82) is 0 Å². The largest absolute Gasteiger partial charge is 0.493 e. The average molecular weight is 429 g/mol. The number of ether oxygens (including phenoxy) is 2. The van der Waals surface area contributed by atoms with Crippen molar-refractivity contribution in [3.8, 4) is 22.9 Å². The number of hydrogen-bond acceptors (Lipinski definition) is 6. The van der Waals surface area contributed by atoms with E-state index in [0.717, 1.165) is 32.1 Å². The molecule has 1 atom stereocenters. The maximum absolute atomic E-state index is 12.5. The zero-order valence-electron chi connectivity index (χ0n) is 18.6. The molecule has 1 aromatic heterocycles. The van der Waals surface area contributed by atoms with Gasteiger partial charge < -0.3 is 19.8 Å². The van der Waals surface area contributed by atoms with Crippen molar-refractivity contribution in [2.24, 2.45) is 0 Å². The predicted molar refractivity (Wildman–Crippen MR) is 118 cm³/mol. The summed E-state index contributed by atoms with van der Waals surface area (Å²) in [5.41, 5.74) is 0.583. The minimum absolute atomic E-state index is 0.0428. The van der Waals surface area contributed by atoms with Gasteiger partial charge in [0.05, 0.1) is 13.2 Å². The molecule has 1 amide bonds. The second kappa shape index (κ2) is 10.9. The Balaban J connectivity index is 1.64. The first-order chi connectivity index (χ1) is 15.0. The number of methoxy groups -OCH3 is 1. The summed E-state index contributed by atoms with van der Waals surface area (Å²) in [7, 11) is 1.57. The van der Waals surface area contributed by atoms with Gasteiger partial charge in [-0.3, -0.25) is 9.59 Å². The van der Waals surface area contributed by atoms with E-state index in [0.29, 0.717) is 22.9 Å². The highest BCUT2D eigenvalue weighted by Gasteiger charge is 2.17. The molecular weight excluding hydrogens is 396 g/mol. The van der Waals surface area contributed by atoms with Crippen LogP contribution in [-0.4, -0.2) is 40.3 Å². The molecule has 2 aromatic rings. The van der Waals surface area contributed by atoms with Crippen molar-refractivity contribution in [3.05, 3.63) is 34.2 Å². The smallest absolute Gasteiger partial charge is 0.273 e. The molecule has 2 N–H and O–H groups in total. The monoisotopic (exact) mass is 428 g/mol. The van der Waals surface area contributed by atoms with Crippen LogP contribution in [0.4, 0.5) is 0 Å². The third kappa shape index (κ3) is 6.29. The van der Waals surface area contributed by atoms with Crippen LogP contribution in [0, 0.1) is 0 Å². The lowest BCUT2D eigenvalue weighted by molar-refractivity contribution is -0.122. The molecule has 8 heteroatoms. The summed E-state index contributed by atoms with van der Waals surface area (Å²) < 4.78 is 11.3. The van der Waals surface area contributed by atoms with Gasteiger partial charge in [-0.2, -0.15) is 0 Å². The molecule has 0 radical (unpaired) electrons. The van der Waals surface area contributed by atoms with Gasteiger partial charge in [-0.05, 0) is 44.4 Å². The van der Waals surface area contributed by atoms with Gasteiger partial charge in [0.15, 0.2) is 17.3 Å². The average Bonchev–Trinajstić information content (AvgIpc) is 2.79. The van der Waals surface area contributed by atoms with Crippen molar-refractivity contribution in [1.82, 2.24) is 20.5 Å². The Morgan fingerprint density at radius 2 is 2.00 bits per heavy atom. The highest BCUT2D eigenvalue weighted by Crippen LogP contribution is 2.32. The Bertz CT molecular complexity index is 937. The number of hydrogen-bond donors (Lipinski definition) is 2. The molecule has 1 aliphatic carbocycles. The van der Waals surface area contributed by atoms with E-state index in [4.69, 9.17) is 9.47 Å². The molecule has 0 bridgehead atoms. The lowest BCUT2D eigenvalue weighted by atomic mass is 9.95. The topological polar surface area (TPSA) is 106 Å². The molecule has 1 saturated carbocycles. The van der Waals surface area contributed by atoms with E-state index in [9.17, 15) is 9.59 Å². The summed E-state index contributed by atoms with van der Waals surface area (Å²) >= 11 is 0. The van der Waals surface area contributed by atoms with E-state index in [1.54, 1.807) is 25.3 Å². The summed E-state index contributed by atoms with van der Waals surface area (Å²) in [5.74, 6) is 1.49. The molecule has 3 rings (SSSR count). The van der Waals surface area contributed by atoms with Gasteiger partial charge in [0.25, 0.3) is 5.56 Å². The third-order valence-corrected chi connectivity index (χ3v) is 5.66. The Hall–Kier alpha value is -2.90. The normalized spacial score (nSPS) is 15.3. The molecule has 0 saturated heterocycles. The van der Waals surface area contributed by atoms with Gasteiger partial charge in [0.2, 0.25) is 5.91 Å². The second-order valence-electron chi connectivity index (χ2n) is 8.05. The predicted octanol–water partition coefficient (Wildman–Crippen LogP) is 3.40. The lowest BCUT2D eigenvalue weighted by Crippen LogP contribution is -2.36. The molecular formula is C23H32N4O4. The number of amides is 1. The number of benzene rings is 1. The number of carbonyl (C=O) groups is 1. The van der Waals surface area contributed by atoms with Crippen LogP contribution < -0.4 is 20.3 Å². The van der Waals surface area contributed by atoms with E-state index >= 15 is 0 Å². The molecule has 1 heterocycles. The van der Waals surface area contributed by atoms with Crippen LogP contribution in [0.1, 0.15) is 64.5 Å². The Kier molecular flexibility index (Phi) is 8.03. The minimum Gasteiger partial charge on any atom is -0.493 e. The maximum Gasteiger partial charge on any atom is 0.273 e. The standard InChI is InChI=1S/C23H32N4O4/c1-4-15(2)31-19-12-10-16(14-20(19)30-3)22-25-23(29)18(26-27-22)11-13-21(28)24-17-8-6-5-7-9-17/h10,12,14-15,17H,4-9,11,13H2,1-3H3,(H,24,28)(H,25,27,29). The van der Waals surface area contributed by atoms with E-state index < -0.39 is 0 Å². The Morgan fingerprint density at radius 3 is 2.68 bits per heavy atom. The van der Waals surface area contributed by atoms with Crippen molar-refractivity contribution in [3.63, 3.8) is 0 Å².